The first kappa shape index (κ1) is 20.4. The van der Waals surface area contributed by atoms with Crippen molar-refractivity contribution in [1.82, 2.24) is 5.32 Å². The summed E-state index contributed by atoms with van der Waals surface area (Å²) in [6.45, 7) is 1.84. The van der Waals surface area contributed by atoms with Crippen LogP contribution < -0.4 is 5.32 Å². The number of hydrogen-bond acceptors (Lipinski definition) is 5. The zero-order valence-electron chi connectivity index (χ0n) is 14.8. The number of nitrogens with one attached hydrogen (secondary N) is 1. The smallest absolute Gasteiger partial charge is 0.308 e. The number of thioether (sulfide) groups is 1. The topological polar surface area (TPSA) is 110 Å². The van der Waals surface area contributed by atoms with E-state index in [4.69, 9.17) is 0 Å². The Morgan fingerprint density at radius 3 is 2.52 bits per heavy atom. The highest BCUT2D eigenvalue weighted by Gasteiger charge is 2.21. The van der Waals surface area contributed by atoms with E-state index in [2.05, 4.69) is 5.32 Å². The van der Waals surface area contributed by atoms with Crippen LogP contribution in [0.25, 0.3) is 0 Å². The summed E-state index contributed by atoms with van der Waals surface area (Å²) in [7, 11) is 0. The molecule has 27 heavy (non-hydrogen) atoms. The van der Waals surface area contributed by atoms with Crippen molar-refractivity contribution in [3.63, 3.8) is 0 Å². The Morgan fingerprint density at radius 1 is 1.22 bits per heavy atom. The Hall–Kier alpha value is -2.87. The lowest BCUT2D eigenvalue weighted by Crippen LogP contribution is -2.34. The minimum Gasteiger partial charge on any atom is -0.481 e. The van der Waals surface area contributed by atoms with Crippen molar-refractivity contribution in [2.45, 2.75) is 18.2 Å². The zero-order valence-corrected chi connectivity index (χ0v) is 15.6. The van der Waals surface area contributed by atoms with Crippen LogP contribution in [-0.4, -0.2) is 34.2 Å². The number of nitrogens with zero attached hydrogens (tertiary/aromatic N) is 1. The number of aliphatic carboxylic acids is 1. The minimum absolute atomic E-state index is 0.0675. The molecule has 0 aromatic heterocycles. The SMILES string of the molecule is CCSc1ccc([N+](=O)[O-])cc1C(=O)NCC(Cc1ccccc1)C(=O)O. The van der Waals surface area contributed by atoms with Gasteiger partial charge in [0.2, 0.25) is 0 Å². The Labute approximate surface area is 160 Å². The summed E-state index contributed by atoms with van der Waals surface area (Å²) >= 11 is 1.39. The van der Waals surface area contributed by atoms with Gasteiger partial charge in [-0.05, 0) is 23.8 Å². The van der Waals surface area contributed by atoms with Crippen molar-refractivity contribution >= 4 is 29.3 Å². The van der Waals surface area contributed by atoms with Gasteiger partial charge in [-0.3, -0.25) is 19.7 Å². The standard InChI is InChI=1S/C19H20N2O5S/c1-2-27-17-9-8-15(21(25)26)11-16(17)18(22)20-12-14(19(23)24)10-13-6-4-3-5-7-13/h3-9,11,14H,2,10,12H2,1H3,(H,20,22)(H,23,24). The van der Waals surface area contributed by atoms with Gasteiger partial charge in [0.25, 0.3) is 11.6 Å². The monoisotopic (exact) mass is 388 g/mol. The fourth-order valence-electron chi connectivity index (χ4n) is 2.55. The average Bonchev–Trinajstić information content (AvgIpc) is 2.65. The van der Waals surface area contributed by atoms with Crippen LogP contribution in [0.5, 0.6) is 0 Å². The number of benzene rings is 2. The summed E-state index contributed by atoms with van der Waals surface area (Å²) in [5, 5.41) is 23.0. The molecule has 7 nitrogen and oxygen atoms in total. The maximum atomic E-state index is 12.6. The van der Waals surface area contributed by atoms with Gasteiger partial charge in [0.1, 0.15) is 0 Å². The normalized spacial score (nSPS) is 11.6. The second-order valence-electron chi connectivity index (χ2n) is 5.81. The molecule has 0 radical (unpaired) electrons. The molecular weight excluding hydrogens is 368 g/mol. The highest BCUT2D eigenvalue weighted by Crippen LogP contribution is 2.26. The fourth-order valence-corrected chi connectivity index (χ4v) is 3.33. The molecule has 2 aromatic rings. The van der Waals surface area contributed by atoms with Gasteiger partial charge in [0.05, 0.1) is 16.4 Å². The molecule has 0 saturated heterocycles. The van der Waals surface area contributed by atoms with Gasteiger partial charge in [0, 0.05) is 23.6 Å². The third-order valence-corrected chi connectivity index (χ3v) is 4.86. The van der Waals surface area contributed by atoms with Crippen LogP contribution >= 0.6 is 11.8 Å². The summed E-state index contributed by atoms with van der Waals surface area (Å²) in [6.07, 6.45) is 0.280. The first-order valence-corrected chi connectivity index (χ1v) is 9.37. The molecule has 1 amide bonds. The molecule has 0 bridgehead atoms. The van der Waals surface area contributed by atoms with E-state index in [1.165, 1.54) is 23.9 Å². The van der Waals surface area contributed by atoms with Gasteiger partial charge in [0.15, 0.2) is 0 Å². The molecule has 0 aliphatic carbocycles. The first-order chi connectivity index (χ1) is 12.9. The Balaban J connectivity index is 2.13. The number of rotatable bonds is 9. The summed E-state index contributed by atoms with van der Waals surface area (Å²) in [5.74, 6) is -1.63. The maximum Gasteiger partial charge on any atom is 0.308 e. The van der Waals surface area contributed by atoms with Gasteiger partial charge < -0.3 is 10.4 Å². The number of hydrogen-bond donors (Lipinski definition) is 2. The van der Waals surface area contributed by atoms with E-state index in [9.17, 15) is 24.8 Å². The van der Waals surface area contributed by atoms with Crippen LogP contribution in [0.15, 0.2) is 53.4 Å². The molecule has 1 unspecified atom stereocenters. The molecule has 2 N–H and O–H groups in total. The Kier molecular flexibility index (Phi) is 7.36. The predicted octanol–water partition coefficient (Wildman–Crippen LogP) is 3.38. The van der Waals surface area contributed by atoms with Crippen molar-refractivity contribution in [2.24, 2.45) is 5.92 Å². The van der Waals surface area contributed by atoms with Crippen molar-refractivity contribution in [3.8, 4) is 0 Å². The van der Waals surface area contributed by atoms with Crippen LogP contribution in [0.4, 0.5) is 5.69 Å². The Morgan fingerprint density at radius 2 is 1.93 bits per heavy atom. The van der Waals surface area contributed by atoms with Crippen LogP contribution in [0, 0.1) is 16.0 Å². The third-order valence-electron chi connectivity index (χ3n) is 3.90. The summed E-state index contributed by atoms with van der Waals surface area (Å²) < 4.78 is 0. The van der Waals surface area contributed by atoms with Gasteiger partial charge in [-0.1, -0.05) is 37.3 Å². The van der Waals surface area contributed by atoms with E-state index in [1.807, 2.05) is 37.3 Å². The van der Waals surface area contributed by atoms with Crippen molar-refractivity contribution in [2.75, 3.05) is 12.3 Å². The van der Waals surface area contributed by atoms with Crippen molar-refractivity contribution in [3.05, 3.63) is 69.8 Å². The van der Waals surface area contributed by atoms with E-state index in [1.54, 1.807) is 6.07 Å². The average molecular weight is 388 g/mol. The quantitative estimate of drug-likeness (QED) is 0.387. The maximum absolute atomic E-state index is 12.6. The molecule has 142 valence electrons. The molecule has 0 spiro atoms. The lowest BCUT2D eigenvalue weighted by Gasteiger charge is -2.15. The lowest BCUT2D eigenvalue weighted by molar-refractivity contribution is -0.384. The molecule has 0 aliphatic rings. The number of carboxylic acids is 1. The number of non-ortho nitro benzene ring substituents is 1. The second kappa shape index (κ2) is 9.72. The number of nitro benzene ring substituents is 1. The van der Waals surface area contributed by atoms with Crippen LogP contribution in [0.3, 0.4) is 0 Å². The van der Waals surface area contributed by atoms with Gasteiger partial charge in [-0.15, -0.1) is 11.8 Å². The predicted molar refractivity (Wildman–Crippen MR) is 103 cm³/mol. The van der Waals surface area contributed by atoms with E-state index in [0.717, 1.165) is 5.56 Å². The molecule has 8 heteroatoms. The number of nitro groups is 1. The van der Waals surface area contributed by atoms with Gasteiger partial charge >= 0.3 is 5.97 Å². The van der Waals surface area contributed by atoms with Crippen LogP contribution in [0.1, 0.15) is 22.8 Å². The number of carbonyl (C=O) groups is 2. The summed E-state index contributed by atoms with van der Waals surface area (Å²) in [5.41, 5.74) is 0.858. The number of carbonyl (C=O) groups excluding carboxylic acids is 1. The van der Waals surface area contributed by atoms with Gasteiger partial charge in [-0.25, -0.2) is 0 Å². The van der Waals surface area contributed by atoms with Crippen molar-refractivity contribution in [1.29, 1.82) is 0 Å². The first-order valence-electron chi connectivity index (χ1n) is 8.38. The van der Waals surface area contributed by atoms with Crippen LogP contribution in [-0.2, 0) is 11.2 Å². The van der Waals surface area contributed by atoms with E-state index in [0.29, 0.717) is 10.6 Å². The summed E-state index contributed by atoms with van der Waals surface area (Å²) in [4.78, 5) is 35.1. The molecular formula is C19H20N2O5S. The number of amides is 1. The zero-order chi connectivity index (χ0) is 19.8. The van der Waals surface area contributed by atoms with E-state index < -0.39 is 22.7 Å². The third kappa shape index (κ3) is 5.82. The van der Waals surface area contributed by atoms with Gasteiger partial charge in [-0.2, -0.15) is 0 Å². The second-order valence-corrected chi connectivity index (χ2v) is 7.11. The molecule has 1 atom stereocenters. The lowest BCUT2D eigenvalue weighted by atomic mass is 9.99. The highest BCUT2D eigenvalue weighted by atomic mass is 32.2. The fraction of sp³-hybridized carbons (Fsp3) is 0.263. The number of carboxylic acid groups (broad SMARTS) is 1. The van der Waals surface area contributed by atoms with Crippen molar-refractivity contribution < 1.29 is 19.6 Å². The molecule has 0 fully saturated rings. The minimum atomic E-state index is -1.01. The van der Waals surface area contributed by atoms with E-state index in [-0.39, 0.29) is 24.2 Å². The Bertz CT molecular complexity index is 826. The van der Waals surface area contributed by atoms with Crippen LogP contribution in [0.2, 0.25) is 0 Å². The molecule has 0 aliphatic heterocycles. The molecule has 0 heterocycles. The largest absolute Gasteiger partial charge is 0.481 e. The molecule has 2 rings (SSSR count). The molecule has 2 aromatic carbocycles. The molecule has 0 saturated carbocycles. The highest BCUT2D eigenvalue weighted by molar-refractivity contribution is 7.99. The summed E-state index contributed by atoms with van der Waals surface area (Å²) in [6, 6.07) is 13.3. The van der Waals surface area contributed by atoms with E-state index >= 15 is 0 Å².